The first-order valence-electron chi connectivity index (χ1n) is 5.07. The van der Waals surface area contributed by atoms with E-state index in [0.717, 1.165) is 11.5 Å². The van der Waals surface area contributed by atoms with E-state index >= 15 is 0 Å². The molecule has 0 N–H and O–H groups in total. The average Bonchev–Trinajstić information content (AvgIpc) is 2.49. The zero-order chi connectivity index (χ0) is 11.1. The molecule has 1 aliphatic rings. The minimum absolute atomic E-state index is 0.428. The Balaban J connectivity index is 2.41. The molecule has 2 rings (SSSR count). The van der Waals surface area contributed by atoms with Gasteiger partial charge in [-0.2, -0.15) is 11.8 Å². The van der Waals surface area contributed by atoms with Crippen molar-refractivity contribution < 1.29 is 9.47 Å². The quantitative estimate of drug-likeness (QED) is 0.764. The number of thioether (sulfide) groups is 1. The SMILES string of the molecule is CSC(C)c1cccc2c1OC(C)(C)O2. The molecule has 0 bridgehead atoms. The number of benzene rings is 1. The van der Waals surface area contributed by atoms with Crippen LogP contribution in [0.25, 0.3) is 0 Å². The smallest absolute Gasteiger partial charge is 0.246 e. The Morgan fingerprint density at radius 1 is 1.27 bits per heavy atom. The van der Waals surface area contributed by atoms with E-state index in [0.29, 0.717) is 5.25 Å². The molecule has 0 radical (unpaired) electrons. The van der Waals surface area contributed by atoms with Crippen LogP contribution in [0.2, 0.25) is 0 Å². The minimum Gasteiger partial charge on any atom is -0.449 e. The van der Waals surface area contributed by atoms with E-state index in [2.05, 4.69) is 19.2 Å². The maximum atomic E-state index is 5.81. The van der Waals surface area contributed by atoms with Gasteiger partial charge in [0.25, 0.3) is 0 Å². The highest BCUT2D eigenvalue weighted by Gasteiger charge is 2.33. The minimum atomic E-state index is -0.531. The molecule has 2 nitrogen and oxygen atoms in total. The van der Waals surface area contributed by atoms with Crippen molar-refractivity contribution in [2.75, 3.05) is 6.26 Å². The van der Waals surface area contributed by atoms with Crippen LogP contribution in [0.15, 0.2) is 18.2 Å². The zero-order valence-electron chi connectivity index (χ0n) is 9.53. The van der Waals surface area contributed by atoms with Gasteiger partial charge < -0.3 is 9.47 Å². The van der Waals surface area contributed by atoms with E-state index in [1.165, 1.54) is 5.56 Å². The molecule has 0 saturated heterocycles. The number of hydrogen-bond acceptors (Lipinski definition) is 3. The van der Waals surface area contributed by atoms with Crippen molar-refractivity contribution in [1.29, 1.82) is 0 Å². The second-order valence-electron chi connectivity index (χ2n) is 4.16. The van der Waals surface area contributed by atoms with Gasteiger partial charge in [-0.25, -0.2) is 0 Å². The van der Waals surface area contributed by atoms with Gasteiger partial charge in [0.05, 0.1) is 0 Å². The van der Waals surface area contributed by atoms with Gasteiger partial charge in [0.1, 0.15) is 0 Å². The van der Waals surface area contributed by atoms with Gasteiger partial charge in [0.15, 0.2) is 11.5 Å². The molecular formula is C12H16O2S. The number of ether oxygens (including phenoxy) is 2. The molecule has 1 aromatic carbocycles. The summed E-state index contributed by atoms with van der Waals surface area (Å²) in [6.45, 7) is 6.04. The Hall–Kier alpha value is -0.830. The summed E-state index contributed by atoms with van der Waals surface area (Å²) in [6, 6.07) is 6.08. The second-order valence-corrected chi connectivity index (χ2v) is 5.33. The van der Waals surface area contributed by atoms with Crippen molar-refractivity contribution in [2.45, 2.75) is 31.8 Å². The molecule has 1 aromatic rings. The Morgan fingerprint density at radius 2 is 2.00 bits per heavy atom. The van der Waals surface area contributed by atoms with Crippen LogP contribution in [0.3, 0.4) is 0 Å². The lowest BCUT2D eigenvalue weighted by atomic mass is 10.1. The topological polar surface area (TPSA) is 18.5 Å². The van der Waals surface area contributed by atoms with E-state index in [4.69, 9.17) is 9.47 Å². The first-order chi connectivity index (χ1) is 7.03. The third-order valence-electron chi connectivity index (χ3n) is 2.50. The van der Waals surface area contributed by atoms with Gasteiger partial charge in [-0.15, -0.1) is 0 Å². The third kappa shape index (κ3) is 1.93. The van der Waals surface area contributed by atoms with E-state index in [1.807, 2.05) is 37.7 Å². The summed E-state index contributed by atoms with van der Waals surface area (Å²) >= 11 is 1.81. The van der Waals surface area contributed by atoms with E-state index in [1.54, 1.807) is 0 Å². The van der Waals surface area contributed by atoms with Crippen molar-refractivity contribution >= 4 is 11.8 Å². The first-order valence-corrected chi connectivity index (χ1v) is 6.36. The maximum absolute atomic E-state index is 5.81. The zero-order valence-corrected chi connectivity index (χ0v) is 10.4. The highest BCUT2D eigenvalue weighted by molar-refractivity contribution is 7.98. The van der Waals surface area contributed by atoms with Gasteiger partial charge in [-0.05, 0) is 19.2 Å². The molecule has 0 aromatic heterocycles. The fourth-order valence-electron chi connectivity index (χ4n) is 1.70. The molecule has 1 atom stereocenters. The number of hydrogen-bond donors (Lipinski definition) is 0. The average molecular weight is 224 g/mol. The number of rotatable bonds is 2. The third-order valence-corrected chi connectivity index (χ3v) is 3.47. The summed E-state index contributed by atoms with van der Waals surface area (Å²) in [6.07, 6.45) is 2.10. The van der Waals surface area contributed by atoms with Crippen molar-refractivity contribution in [3.05, 3.63) is 23.8 Å². The summed E-state index contributed by atoms with van der Waals surface area (Å²) in [5, 5.41) is 0.428. The fourth-order valence-corrected chi connectivity index (χ4v) is 2.14. The molecule has 0 amide bonds. The van der Waals surface area contributed by atoms with Gasteiger partial charge in [0, 0.05) is 24.7 Å². The van der Waals surface area contributed by atoms with Crippen LogP contribution in [0.1, 0.15) is 31.6 Å². The molecule has 1 unspecified atom stereocenters. The molecule has 15 heavy (non-hydrogen) atoms. The van der Waals surface area contributed by atoms with Crippen LogP contribution in [0.5, 0.6) is 11.5 Å². The summed E-state index contributed by atoms with van der Waals surface area (Å²) in [7, 11) is 0. The van der Waals surface area contributed by atoms with Gasteiger partial charge in [-0.1, -0.05) is 12.1 Å². The first kappa shape index (κ1) is 10.7. The monoisotopic (exact) mass is 224 g/mol. The molecule has 0 aliphatic carbocycles. The number of fused-ring (bicyclic) bond motifs is 1. The summed E-state index contributed by atoms with van der Waals surface area (Å²) in [4.78, 5) is 0. The predicted molar refractivity (Wildman–Crippen MR) is 63.7 cm³/mol. The second kappa shape index (κ2) is 3.63. The van der Waals surface area contributed by atoms with Crippen molar-refractivity contribution in [2.24, 2.45) is 0 Å². The molecule has 0 saturated carbocycles. The molecule has 0 fully saturated rings. The van der Waals surface area contributed by atoms with Crippen LogP contribution in [0.4, 0.5) is 0 Å². The van der Waals surface area contributed by atoms with Crippen molar-refractivity contribution in [1.82, 2.24) is 0 Å². The van der Waals surface area contributed by atoms with Crippen LogP contribution in [0, 0.1) is 0 Å². The Bertz CT molecular complexity index is 374. The van der Waals surface area contributed by atoms with Crippen LogP contribution < -0.4 is 9.47 Å². The standard InChI is InChI=1S/C12H16O2S/c1-8(15-4)9-6-5-7-10-11(9)14-12(2,3)13-10/h5-8H,1-4H3. The normalized spacial score (nSPS) is 18.9. The van der Waals surface area contributed by atoms with Crippen molar-refractivity contribution in [3.63, 3.8) is 0 Å². The van der Waals surface area contributed by atoms with Gasteiger partial charge >= 0.3 is 0 Å². The van der Waals surface area contributed by atoms with Crippen LogP contribution in [-0.4, -0.2) is 12.0 Å². The fraction of sp³-hybridized carbons (Fsp3) is 0.500. The predicted octanol–water partition coefficient (Wildman–Crippen LogP) is 3.62. The lowest BCUT2D eigenvalue weighted by molar-refractivity contribution is -0.0434. The number of para-hydroxylation sites is 1. The largest absolute Gasteiger partial charge is 0.449 e. The summed E-state index contributed by atoms with van der Waals surface area (Å²) in [5.41, 5.74) is 1.21. The maximum Gasteiger partial charge on any atom is 0.246 e. The Labute approximate surface area is 95.0 Å². The van der Waals surface area contributed by atoms with Gasteiger partial charge in [0.2, 0.25) is 5.79 Å². The summed E-state index contributed by atoms with van der Waals surface area (Å²) in [5.74, 6) is 1.24. The highest BCUT2D eigenvalue weighted by Crippen LogP contribution is 2.45. The van der Waals surface area contributed by atoms with E-state index in [9.17, 15) is 0 Å². The van der Waals surface area contributed by atoms with E-state index < -0.39 is 5.79 Å². The lowest BCUT2D eigenvalue weighted by Gasteiger charge is -2.17. The van der Waals surface area contributed by atoms with Crippen LogP contribution >= 0.6 is 11.8 Å². The van der Waals surface area contributed by atoms with Crippen LogP contribution in [-0.2, 0) is 0 Å². The summed E-state index contributed by atoms with van der Waals surface area (Å²) < 4.78 is 11.5. The molecular weight excluding hydrogens is 208 g/mol. The molecule has 0 spiro atoms. The lowest BCUT2D eigenvalue weighted by Crippen LogP contribution is -2.29. The molecule has 1 heterocycles. The Morgan fingerprint density at radius 3 is 2.67 bits per heavy atom. The highest BCUT2D eigenvalue weighted by atomic mass is 32.2. The van der Waals surface area contributed by atoms with Gasteiger partial charge in [-0.3, -0.25) is 0 Å². The van der Waals surface area contributed by atoms with Crippen molar-refractivity contribution in [3.8, 4) is 11.5 Å². The molecule has 3 heteroatoms. The Kier molecular flexibility index (Phi) is 2.59. The molecule has 1 aliphatic heterocycles. The molecule has 82 valence electrons. The van der Waals surface area contributed by atoms with E-state index in [-0.39, 0.29) is 0 Å².